The van der Waals surface area contributed by atoms with E-state index in [1.54, 1.807) is 27.7 Å². The number of H-pyrrole nitrogens is 4. The summed E-state index contributed by atoms with van der Waals surface area (Å²) in [6.45, 7) is 10.5. The van der Waals surface area contributed by atoms with E-state index in [9.17, 15) is 24.0 Å². The molecule has 0 saturated carbocycles. The molecule has 4 aromatic rings. The van der Waals surface area contributed by atoms with Gasteiger partial charge in [-0.2, -0.15) is 5.10 Å². The van der Waals surface area contributed by atoms with E-state index < -0.39 is 29.5 Å². The molecule has 0 atom stereocenters. The van der Waals surface area contributed by atoms with Gasteiger partial charge in [-0.05, 0) is 43.6 Å². The molecule has 4 rings (SSSR count). The number of aromatic amines is 4. The average molecular weight is 761 g/mol. The summed E-state index contributed by atoms with van der Waals surface area (Å²) in [4.78, 5) is 76.0. The highest BCUT2D eigenvalue weighted by molar-refractivity contribution is 9.12. The minimum absolute atomic E-state index is 0. The van der Waals surface area contributed by atoms with Gasteiger partial charge < -0.3 is 53.0 Å². The van der Waals surface area contributed by atoms with Crippen LogP contribution in [0.15, 0.2) is 34.6 Å². The monoisotopic (exact) mass is 759 g/mol. The number of aliphatic imine (C=N–C) groups is 1. The van der Waals surface area contributed by atoms with Crippen molar-refractivity contribution in [2.45, 2.75) is 27.7 Å². The van der Waals surface area contributed by atoms with E-state index in [1.165, 1.54) is 18.6 Å². The van der Waals surface area contributed by atoms with Crippen molar-refractivity contribution < 1.29 is 24.0 Å². The van der Waals surface area contributed by atoms with Gasteiger partial charge in [-0.25, -0.2) is 0 Å². The Kier molecular flexibility index (Phi) is 12.2. The Labute approximate surface area is 293 Å². The van der Waals surface area contributed by atoms with Crippen LogP contribution in [0, 0.1) is 27.7 Å². The number of nitrogens with one attached hydrogen (secondary N) is 9. The van der Waals surface area contributed by atoms with Gasteiger partial charge in [-0.3, -0.25) is 34.1 Å². The highest BCUT2D eigenvalue weighted by Gasteiger charge is 2.23. The van der Waals surface area contributed by atoms with Gasteiger partial charge in [0.2, 0.25) is 0 Å². The maximum atomic E-state index is 13.2. The lowest BCUT2D eigenvalue weighted by Gasteiger charge is -2.07. The van der Waals surface area contributed by atoms with Gasteiger partial charge in [0.05, 0.1) is 28.1 Å². The Bertz CT molecular complexity index is 1970. The van der Waals surface area contributed by atoms with Crippen molar-refractivity contribution in [3.05, 3.63) is 74.7 Å². The summed E-state index contributed by atoms with van der Waals surface area (Å²) in [5.41, 5.74) is 14.2. The predicted octanol–water partition coefficient (Wildman–Crippen LogP) is 2.66. The zero-order chi connectivity index (χ0) is 35.3. The van der Waals surface area contributed by atoms with Crippen molar-refractivity contribution in [3.63, 3.8) is 0 Å². The minimum atomic E-state index is -0.544. The maximum absolute atomic E-state index is 13.2. The van der Waals surface area contributed by atoms with Gasteiger partial charge in [0.25, 0.3) is 29.5 Å². The number of rotatable bonds is 12. The number of carbonyl (C=O) groups excluding carboxylic acids is 5. The molecule has 20 heteroatoms. The Morgan fingerprint density at radius 1 is 0.735 bits per heavy atom. The standard InChI is InChI=1S/C29H34BrN13O5.ClH/c1-11-16(8-35-19(11)25(45)33-6-7-34-29(31)32)38-26(46)20-12(2)17(9-36-20)39-27(47)21-13(3)18(10-37-21)40-28(48)22-14(4)23(43-42-22)41-24(44)15(5)30;/h8-10,35-37H,5-7H2,1-4H3,(H,33,45)(H,38,46)(H,39,47)(H,40,48)(H4,31,32,34)(H2,41,42,43,44);1H. The lowest BCUT2D eigenvalue weighted by molar-refractivity contribution is -0.112. The van der Waals surface area contributed by atoms with Gasteiger partial charge in [-0.1, -0.05) is 6.58 Å². The number of nitrogens with two attached hydrogens (primary N) is 2. The molecule has 0 fully saturated rings. The number of halogens is 2. The zero-order valence-corrected chi connectivity index (χ0v) is 29.1. The number of hydrogen-bond donors (Lipinski definition) is 11. The van der Waals surface area contributed by atoms with E-state index in [0.29, 0.717) is 39.3 Å². The molecule has 4 heterocycles. The molecule has 18 nitrogen and oxygen atoms in total. The normalized spacial score (nSPS) is 10.4. The van der Waals surface area contributed by atoms with E-state index in [0.717, 1.165) is 0 Å². The molecule has 49 heavy (non-hydrogen) atoms. The molecule has 4 aromatic heterocycles. The van der Waals surface area contributed by atoms with Crippen LogP contribution in [0.1, 0.15) is 64.2 Å². The first-order valence-corrected chi connectivity index (χ1v) is 15.0. The molecule has 0 aliphatic rings. The Morgan fingerprint density at radius 2 is 1.16 bits per heavy atom. The first-order chi connectivity index (χ1) is 22.7. The second-order valence-electron chi connectivity index (χ2n) is 10.5. The summed E-state index contributed by atoms with van der Waals surface area (Å²) in [5.74, 6) is -2.37. The van der Waals surface area contributed by atoms with Crippen LogP contribution in [-0.2, 0) is 4.79 Å². The summed E-state index contributed by atoms with van der Waals surface area (Å²) in [7, 11) is 0. The van der Waals surface area contributed by atoms with E-state index in [4.69, 9.17) is 11.5 Å². The van der Waals surface area contributed by atoms with Crippen molar-refractivity contribution in [1.29, 1.82) is 0 Å². The largest absolute Gasteiger partial charge is 0.370 e. The second kappa shape index (κ2) is 15.8. The average Bonchev–Trinajstić information content (AvgIpc) is 3.78. The van der Waals surface area contributed by atoms with Gasteiger partial charge in [0.15, 0.2) is 11.8 Å². The number of anilines is 4. The van der Waals surface area contributed by atoms with E-state index in [-0.39, 0.29) is 64.5 Å². The van der Waals surface area contributed by atoms with Crippen molar-refractivity contribution in [1.82, 2.24) is 30.5 Å². The molecule has 0 spiro atoms. The maximum Gasteiger partial charge on any atom is 0.274 e. The van der Waals surface area contributed by atoms with Gasteiger partial charge in [0.1, 0.15) is 22.8 Å². The molecule has 5 amide bonds. The van der Waals surface area contributed by atoms with Crippen LogP contribution in [0.4, 0.5) is 22.9 Å². The Morgan fingerprint density at radius 3 is 1.59 bits per heavy atom. The van der Waals surface area contributed by atoms with Crippen molar-refractivity contribution >= 4 is 86.7 Å². The first-order valence-electron chi connectivity index (χ1n) is 14.2. The Hall–Kier alpha value is -5.82. The highest BCUT2D eigenvalue weighted by Crippen LogP contribution is 2.26. The number of aromatic nitrogens is 5. The van der Waals surface area contributed by atoms with Crippen LogP contribution in [0.2, 0.25) is 0 Å². The third-order valence-electron chi connectivity index (χ3n) is 7.25. The topological polar surface area (TPSA) is 286 Å². The molecule has 0 unspecified atom stereocenters. The number of hydrogen-bond acceptors (Lipinski definition) is 7. The summed E-state index contributed by atoms with van der Waals surface area (Å²) in [6.07, 6.45) is 4.44. The fraction of sp³-hybridized carbons (Fsp3) is 0.207. The molecular formula is C29H35BrClN13O5. The molecule has 0 radical (unpaired) electrons. The summed E-state index contributed by atoms with van der Waals surface area (Å²) < 4.78 is 0.0982. The summed E-state index contributed by atoms with van der Waals surface area (Å²) in [5, 5.41) is 20.0. The first kappa shape index (κ1) is 37.6. The number of guanidine groups is 1. The lowest BCUT2D eigenvalue weighted by atomic mass is 10.2. The third-order valence-corrected chi connectivity index (χ3v) is 7.61. The summed E-state index contributed by atoms with van der Waals surface area (Å²) >= 11 is 2.99. The van der Waals surface area contributed by atoms with E-state index in [2.05, 4.69) is 79.2 Å². The van der Waals surface area contributed by atoms with Crippen LogP contribution in [0.5, 0.6) is 0 Å². The molecule has 0 saturated heterocycles. The van der Waals surface area contributed by atoms with Crippen LogP contribution in [-0.4, -0.2) is 73.7 Å². The van der Waals surface area contributed by atoms with Crippen LogP contribution < -0.4 is 38.1 Å². The number of amides is 5. The van der Waals surface area contributed by atoms with E-state index >= 15 is 0 Å². The minimum Gasteiger partial charge on any atom is -0.370 e. The van der Waals surface area contributed by atoms with Crippen LogP contribution in [0.3, 0.4) is 0 Å². The molecule has 0 aliphatic carbocycles. The molecule has 0 bridgehead atoms. The van der Waals surface area contributed by atoms with Crippen molar-refractivity contribution in [3.8, 4) is 0 Å². The van der Waals surface area contributed by atoms with Crippen molar-refractivity contribution in [2.75, 3.05) is 34.4 Å². The fourth-order valence-corrected chi connectivity index (χ4v) is 4.60. The molecule has 260 valence electrons. The van der Waals surface area contributed by atoms with Crippen LogP contribution in [0.25, 0.3) is 0 Å². The predicted molar refractivity (Wildman–Crippen MR) is 191 cm³/mol. The SMILES string of the molecule is C=C(Br)C(=O)Nc1n[nH]c(C(=O)Nc2c[nH]c(C(=O)Nc3c[nH]c(C(=O)Nc4c[nH]c(C(=O)NCCN=C(N)N)c4C)c3C)c2C)c1C.Cl. The molecular weight excluding hydrogens is 726 g/mol. The fourth-order valence-electron chi connectivity index (χ4n) is 4.50. The Balaban J connectivity index is 0.00000650. The second-order valence-corrected chi connectivity index (χ2v) is 11.4. The van der Waals surface area contributed by atoms with Gasteiger partial charge >= 0.3 is 0 Å². The van der Waals surface area contributed by atoms with Gasteiger partial charge in [-0.15, -0.1) is 12.4 Å². The lowest BCUT2D eigenvalue weighted by Crippen LogP contribution is -2.29. The number of nitrogens with zero attached hydrogens (tertiary/aromatic N) is 2. The quantitative estimate of drug-likeness (QED) is 0.0441. The zero-order valence-electron chi connectivity index (χ0n) is 26.7. The molecule has 13 N–H and O–H groups in total. The third kappa shape index (κ3) is 8.56. The molecule has 0 aliphatic heterocycles. The van der Waals surface area contributed by atoms with Crippen LogP contribution >= 0.6 is 28.3 Å². The smallest absolute Gasteiger partial charge is 0.274 e. The highest BCUT2D eigenvalue weighted by atomic mass is 79.9. The van der Waals surface area contributed by atoms with Gasteiger partial charge in [0, 0.05) is 47.4 Å². The van der Waals surface area contributed by atoms with E-state index in [1.807, 2.05) is 0 Å². The van der Waals surface area contributed by atoms with Crippen molar-refractivity contribution in [2.24, 2.45) is 16.5 Å². The summed E-state index contributed by atoms with van der Waals surface area (Å²) in [6, 6.07) is 0. The number of carbonyl (C=O) groups is 5. The molecule has 0 aromatic carbocycles.